The SMILES string of the molecule is CCn1nncc1NC1CC(Cl)C1. The van der Waals surface area contributed by atoms with E-state index >= 15 is 0 Å². The Morgan fingerprint density at radius 3 is 3.08 bits per heavy atom. The number of alkyl halides is 1. The normalized spacial score (nSPS) is 26.9. The van der Waals surface area contributed by atoms with Gasteiger partial charge in [-0.25, -0.2) is 4.68 Å². The zero-order chi connectivity index (χ0) is 9.26. The van der Waals surface area contributed by atoms with E-state index in [0.29, 0.717) is 11.4 Å². The largest absolute Gasteiger partial charge is 0.366 e. The molecule has 13 heavy (non-hydrogen) atoms. The van der Waals surface area contributed by atoms with Crippen LogP contribution in [0.5, 0.6) is 0 Å². The number of rotatable bonds is 3. The molecule has 1 saturated carbocycles. The lowest BCUT2D eigenvalue weighted by molar-refractivity contribution is 0.449. The topological polar surface area (TPSA) is 42.7 Å². The van der Waals surface area contributed by atoms with Gasteiger partial charge in [0.25, 0.3) is 0 Å². The van der Waals surface area contributed by atoms with Crippen molar-refractivity contribution in [2.45, 2.75) is 37.7 Å². The van der Waals surface area contributed by atoms with E-state index in [2.05, 4.69) is 15.6 Å². The molecule has 0 bridgehead atoms. The lowest BCUT2D eigenvalue weighted by atomic mass is 9.92. The second-order valence-electron chi connectivity index (χ2n) is 3.34. The van der Waals surface area contributed by atoms with Crippen LogP contribution in [0.4, 0.5) is 5.82 Å². The molecule has 1 N–H and O–H groups in total. The number of nitrogens with zero attached hydrogens (tertiary/aromatic N) is 3. The molecule has 1 aliphatic rings. The molecule has 0 radical (unpaired) electrons. The number of halogens is 1. The average molecular weight is 201 g/mol. The number of aryl methyl sites for hydroxylation is 1. The highest BCUT2D eigenvalue weighted by Gasteiger charge is 2.27. The molecule has 2 rings (SSSR count). The van der Waals surface area contributed by atoms with Crippen molar-refractivity contribution in [3.63, 3.8) is 0 Å². The Hall–Kier alpha value is -0.770. The number of hydrogen-bond acceptors (Lipinski definition) is 3. The van der Waals surface area contributed by atoms with Crippen LogP contribution in [-0.4, -0.2) is 26.4 Å². The molecule has 1 fully saturated rings. The van der Waals surface area contributed by atoms with E-state index in [-0.39, 0.29) is 0 Å². The molecule has 1 aromatic heterocycles. The Morgan fingerprint density at radius 1 is 1.69 bits per heavy atom. The van der Waals surface area contributed by atoms with Gasteiger partial charge < -0.3 is 5.32 Å². The highest BCUT2D eigenvalue weighted by Crippen LogP contribution is 2.28. The van der Waals surface area contributed by atoms with Crippen LogP contribution in [0.15, 0.2) is 6.20 Å². The molecule has 0 aliphatic heterocycles. The molecule has 4 nitrogen and oxygen atoms in total. The predicted octanol–water partition coefficient (Wildman–Crippen LogP) is 1.48. The molecule has 0 saturated heterocycles. The maximum Gasteiger partial charge on any atom is 0.145 e. The summed E-state index contributed by atoms with van der Waals surface area (Å²) in [4.78, 5) is 0. The molecule has 0 aromatic carbocycles. The monoisotopic (exact) mass is 200 g/mol. The summed E-state index contributed by atoms with van der Waals surface area (Å²) in [5.41, 5.74) is 0. The van der Waals surface area contributed by atoms with Gasteiger partial charge in [0.2, 0.25) is 0 Å². The van der Waals surface area contributed by atoms with Crippen molar-refractivity contribution in [3.05, 3.63) is 6.20 Å². The number of nitrogens with one attached hydrogen (secondary N) is 1. The zero-order valence-electron chi connectivity index (χ0n) is 7.57. The number of aromatic nitrogens is 3. The summed E-state index contributed by atoms with van der Waals surface area (Å²) in [6.45, 7) is 2.89. The quantitative estimate of drug-likeness (QED) is 0.752. The van der Waals surface area contributed by atoms with Crippen molar-refractivity contribution in [1.29, 1.82) is 0 Å². The van der Waals surface area contributed by atoms with E-state index in [9.17, 15) is 0 Å². The van der Waals surface area contributed by atoms with Crippen LogP contribution in [0.2, 0.25) is 0 Å². The fourth-order valence-electron chi connectivity index (χ4n) is 1.48. The molecule has 5 heteroatoms. The minimum absolute atomic E-state index is 0.350. The fraction of sp³-hybridized carbons (Fsp3) is 0.750. The summed E-state index contributed by atoms with van der Waals surface area (Å²) < 4.78 is 1.85. The van der Waals surface area contributed by atoms with Crippen LogP contribution in [0.3, 0.4) is 0 Å². The van der Waals surface area contributed by atoms with Crippen molar-refractivity contribution < 1.29 is 0 Å². The van der Waals surface area contributed by atoms with Gasteiger partial charge in [-0.15, -0.1) is 16.7 Å². The summed E-state index contributed by atoms with van der Waals surface area (Å²) in [5.74, 6) is 0.996. The molecule has 1 aromatic rings. The van der Waals surface area contributed by atoms with Crippen LogP contribution in [0.25, 0.3) is 0 Å². The number of anilines is 1. The molecule has 72 valence electrons. The van der Waals surface area contributed by atoms with Gasteiger partial charge >= 0.3 is 0 Å². The molecular formula is C8H13ClN4. The predicted molar refractivity (Wildman–Crippen MR) is 52.0 cm³/mol. The Bertz CT molecular complexity index is 279. The molecular weight excluding hydrogens is 188 g/mol. The first-order chi connectivity index (χ1) is 6.29. The molecule has 1 heterocycles. The third kappa shape index (κ3) is 1.77. The maximum atomic E-state index is 5.88. The van der Waals surface area contributed by atoms with Crippen molar-refractivity contribution in [2.24, 2.45) is 0 Å². The Balaban J connectivity index is 1.94. The van der Waals surface area contributed by atoms with E-state index in [1.807, 2.05) is 11.6 Å². The summed E-state index contributed by atoms with van der Waals surface area (Å²) in [7, 11) is 0. The van der Waals surface area contributed by atoms with Crippen molar-refractivity contribution in [1.82, 2.24) is 15.0 Å². The second-order valence-corrected chi connectivity index (χ2v) is 3.96. The van der Waals surface area contributed by atoms with Crippen LogP contribution in [-0.2, 0) is 6.54 Å². The molecule has 0 unspecified atom stereocenters. The average Bonchev–Trinajstić information content (AvgIpc) is 2.49. The van der Waals surface area contributed by atoms with Gasteiger partial charge in [0, 0.05) is 18.0 Å². The first-order valence-corrected chi connectivity index (χ1v) is 5.02. The van der Waals surface area contributed by atoms with E-state index in [0.717, 1.165) is 25.2 Å². The van der Waals surface area contributed by atoms with Crippen LogP contribution in [0, 0.1) is 0 Å². The Kier molecular flexibility index (Phi) is 2.40. The summed E-state index contributed by atoms with van der Waals surface area (Å²) in [6, 6.07) is 0.506. The van der Waals surface area contributed by atoms with Crippen molar-refractivity contribution in [3.8, 4) is 0 Å². The van der Waals surface area contributed by atoms with E-state index in [1.54, 1.807) is 6.20 Å². The second kappa shape index (κ2) is 3.54. The summed E-state index contributed by atoms with van der Waals surface area (Å²) in [6.07, 6.45) is 3.83. The summed E-state index contributed by atoms with van der Waals surface area (Å²) >= 11 is 5.88. The molecule has 0 amide bonds. The fourth-order valence-corrected chi connectivity index (χ4v) is 1.91. The van der Waals surface area contributed by atoms with Gasteiger partial charge in [-0.2, -0.15) is 0 Å². The van der Waals surface area contributed by atoms with Gasteiger partial charge in [0.1, 0.15) is 5.82 Å². The Morgan fingerprint density at radius 2 is 2.46 bits per heavy atom. The minimum Gasteiger partial charge on any atom is -0.366 e. The highest BCUT2D eigenvalue weighted by atomic mass is 35.5. The highest BCUT2D eigenvalue weighted by molar-refractivity contribution is 6.21. The molecule has 0 spiro atoms. The third-order valence-corrected chi connectivity index (χ3v) is 2.71. The Labute approximate surface area is 82.3 Å². The van der Waals surface area contributed by atoms with E-state index in [4.69, 9.17) is 11.6 Å². The van der Waals surface area contributed by atoms with Crippen LogP contribution < -0.4 is 5.32 Å². The maximum absolute atomic E-state index is 5.88. The van der Waals surface area contributed by atoms with E-state index < -0.39 is 0 Å². The van der Waals surface area contributed by atoms with Gasteiger partial charge in [-0.1, -0.05) is 5.21 Å². The lowest BCUT2D eigenvalue weighted by Crippen LogP contribution is -2.36. The first kappa shape index (κ1) is 8.81. The third-order valence-electron chi connectivity index (χ3n) is 2.35. The van der Waals surface area contributed by atoms with Gasteiger partial charge in [0.05, 0.1) is 6.20 Å². The minimum atomic E-state index is 0.350. The first-order valence-electron chi connectivity index (χ1n) is 4.58. The van der Waals surface area contributed by atoms with Gasteiger partial charge in [-0.3, -0.25) is 0 Å². The van der Waals surface area contributed by atoms with Crippen molar-refractivity contribution in [2.75, 3.05) is 5.32 Å². The standard InChI is InChI=1S/C8H13ClN4/c1-2-13-8(5-10-12-13)11-7-3-6(9)4-7/h5-7,11H,2-4H2,1H3. The molecule has 1 aliphatic carbocycles. The smallest absolute Gasteiger partial charge is 0.145 e. The van der Waals surface area contributed by atoms with E-state index in [1.165, 1.54) is 0 Å². The van der Waals surface area contributed by atoms with Gasteiger partial charge in [-0.05, 0) is 19.8 Å². The zero-order valence-corrected chi connectivity index (χ0v) is 8.33. The lowest BCUT2D eigenvalue weighted by Gasteiger charge is -2.32. The van der Waals surface area contributed by atoms with Crippen LogP contribution >= 0.6 is 11.6 Å². The number of hydrogen-bond donors (Lipinski definition) is 1. The summed E-state index contributed by atoms with van der Waals surface area (Å²) in [5, 5.41) is 11.5. The molecule has 0 atom stereocenters. The van der Waals surface area contributed by atoms with Crippen molar-refractivity contribution >= 4 is 17.4 Å². The van der Waals surface area contributed by atoms with Crippen LogP contribution in [0.1, 0.15) is 19.8 Å². The van der Waals surface area contributed by atoms with Gasteiger partial charge in [0.15, 0.2) is 0 Å².